The first-order chi connectivity index (χ1) is 12.4. The predicted octanol–water partition coefficient (Wildman–Crippen LogP) is 0.0758. The van der Waals surface area contributed by atoms with E-state index < -0.39 is 12.2 Å². The van der Waals surface area contributed by atoms with Crippen molar-refractivity contribution in [3.05, 3.63) is 35.4 Å². The predicted molar refractivity (Wildman–Crippen MR) is 95.6 cm³/mol. The molecule has 0 aromatic heterocycles. The average molecular weight is 359 g/mol. The fraction of sp³-hybridized carbons (Fsp3) is 0.500. The van der Waals surface area contributed by atoms with Crippen LogP contribution in [0.2, 0.25) is 0 Å². The lowest BCUT2D eigenvalue weighted by Crippen LogP contribution is -2.70. The minimum Gasteiger partial charge on any atom is -0.340 e. The summed E-state index contributed by atoms with van der Waals surface area (Å²) in [6.07, 6.45) is -0.196. The third kappa shape index (κ3) is 3.37. The van der Waals surface area contributed by atoms with Gasteiger partial charge >= 0.3 is 6.03 Å². The van der Waals surface area contributed by atoms with Crippen LogP contribution < -0.4 is 11.1 Å². The fourth-order valence-corrected chi connectivity index (χ4v) is 3.63. The van der Waals surface area contributed by atoms with Crippen LogP contribution in [-0.2, 0) is 22.7 Å². The molecule has 3 rings (SSSR count). The fourth-order valence-electron chi connectivity index (χ4n) is 3.63. The van der Waals surface area contributed by atoms with E-state index in [1.54, 1.807) is 28.7 Å². The second-order valence-corrected chi connectivity index (χ2v) is 6.80. The molecule has 2 saturated heterocycles. The van der Waals surface area contributed by atoms with Gasteiger partial charge in [-0.1, -0.05) is 24.3 Å². The number of piperazine rings is 1. The van der Waals surface area contributed by atoms with Gasteiger partial charge in [0.2, 0.25) is 11.8 Å². The molecule has 1 aromatic carbocycles. The van der Waals surface area contributed by atoms with E-state index in [1.807, 2.05) is 24.3 Å². The molecule has 2 fully saturated rings. The lowest BCUT2D eigenvalue weighted by molar-refractivity contribution is -0.164. The molecule has 0 aliphatic carbocycles. The zero-order chi connectivity index (χ0) is 18.8. The second-order valence-electron chi connectivity index (χ2n) is 6.80. The van der Waals surface area contributed by atoms with Gasteiger partial charge in [0.15, 0.2) is 0 Å². The van der Waals surface area contributed by atoms with E-state index in [0.29, 0.717) is 26.2 Å². The summed E-state index contributed by atoms with van der Waals surface area (Å²) in [5, 5.41) is 2.91. The van der Waals surface area contributed by atoms with Gasteiger partial charge in [-0.2, -0.15) is 0 Å². The number of nitrogens with two attached hydrogens (primary N) is 1. The Kier molecular flexibility index (Phi) is 5.13. The van der Waals surface area contributed by atoms with E-state index in [9.17, 15) is 14.4 Å². The van der Waals surface area contributed by atoms with Crippen molar-refractivity contribution in [2.75, 3.05) is 20.1 Å². The van der Waals surface area contributed by atoms with Crippen LogP contribution in [0.1, 0.15) is 24.5 Å². The Hall–Kier alpha value is -2.61. The van der Waals surface area contributed by atoms with Gasteiger partial charge in [0.1, 0.15) is 12.2 Å². The van der Waals surface area contributed by atoms with Gasteiger partial charge in [0.05, 0.1) is 6.54 Å². The molecule has 2 heterocycles. The van der Waals surface area contributed by atoms with Gasteiger partial charge in [0.25, 0.3) is 0 Å². The Morgan fingerprint density at radius 2 is 2.04 bits per heavy atom. The molecule has 3 N–H and O–H groups in total. The standard InChI is InChI=1S/C18H25N5O3/c1-12-17(25)21(2)11-15-22(7-6-16(24)23(12)15)18(26)20-10-14-5-3-4-13(8-14)9-19/h3-5,8,12,15H,6-7,9-11,19H2,1-2H3,(H,20,26)/t12-,15-/m0/s1. The molecule has 0 saturated carbocycles. The number of benzene rings is 1. The third-order valence-electron chi connectivity index (χ3n) is 5.06. The lowest BCUT2D eigenvalue weighted by atomic mass is 10.1. The Morgan fingerprint density at radius 3 is 2.77 bits per heavy atom. The maximum atomic E-state index is 12.7. The molecule has 140 valence electrons. The smallest absolute Gasteiger partial charge is 0.319 e. The number of urea groups is 1. The van der Waals surface area contributed by atoms with Gasteiger partial charge in [-0.3, -0.25) is 9.59 Å². The van der Waals surface area contributed by atoms with Crippen LogP contribution in [0, 0.1) is 0 Å². The summed E-state index contributed by atoms with van der Waals surface area (Å²) < 4.78 is 0. The van der Waals surface area contributed by atoms with Crippen LogP contribution in [0.3, 0.4) is 0 Å². The van der Waals surface area contributed by atoms with Crippen molar-refractivity contribution in [1.29, 1.82) is 0 Å². The molecule has 2 aliphatic heterocycles. The number of fused-ring (bicyclic) bond motifs is 1. The highest BCUT2D eigenvalue weighted by Crippen LogP contribution is 2.24. The number of nitrogens with zero attached hydrogens (tertiary/aromatic N) is 3. The van der Waals surface area contributed by atoms with Crippen LogP contribution in [0.15, 0.2) is 24.3 Å². The first-order valence-corrected chi connectivity index (χ1v) is 8.81. The number of amides is 4. The molecule has 0 spiro atoms. The summed E-state index contributed by atoms with van der Waals surface area (Å²) in [4.78, 5) is 42.0. The lowest BCUT2D eigenvalue weighted by Gasteiger charge is -2.50. The van der Waals surface area contributed by atoms with Gasteiger partial charge < -0.3 is 25.8 Å². The Labute approximate surface area is 152 Å². The number of rotatable bonds is 3. The summed E-state index contributed by atoms with van der Waals surface area (Å²) >= 11 is 0. The van der Waals surface area contributed by atoms with Crippen molar-refractivity contribution in [2.45, 2.75) is 38.6 Å². The van der Waals surface area contributed by atoms with Crippen LogP contribution in [0.4, 0.5) is 4.79 Å². The van der Waals surface area contributed by atoms with E-state index in [1.165, 1.54) is 0 Å². The Morgan fingerprint density at radius 1 is 1.31 bits per heavy atom. The highest BCUT2D eigenvalue weighted by atomic mass is 16.2. The van der Waals surface area contributed by atoms with Gasteiger partial charge in [-0.05, 0) is 18.1 Å². The molecule has 4 amide bonds. The van der Waals surface area contributed by atoms with Gasteiger partial charge in [-0.25, -0.2) is 4.79 Å². The van der Waals surface area contributed by atoms with Crippen LogP contribution in [-0.4, -0.2) is 64.9 Å². The first kappa shape index (κ1) is 18.2. The van der Waals surface area contributed by atoms with Gasteiger partial charge in [-0.15, -0.1) is 0 Å². The molecule has 0 bridgehead atoms. The molecule has 8 nitrogen and oxygen atoms in total. The molecule has 0 unspecified atom stereocenters. The molecular weight excluding hydrogens is 334 g/mol. The highest BCUT2D eigenvalue weighted by molar-refractivity contribution is 5.90. The largest absolute Gasteiger partial charge is 0.340 e. The topological polar surface area (TPSA) is 99.0 Å². The van der Waals surface area contributed by atoms with E-state index >= 15 is 0 Å². The summed E-state index contributed by atoms with van der Waals surface area (Å²) in [6.45, 7) is 3.22. The average Bonchev–Trinajstić information content (AvgIpc) is 2.64. The van der Waals surface area contributed by atoms with Crippen molar-refractivity contribution in [1.82, 2.24) is 20.0 Å². The molecule has 1 aromatic rings. The van der Waals surface area contributed by atoms with Crippen LogP contribution >= 0.6 is 0 Å². The maximum absolute atomic E-state index is 12.7. The molecule has 8 heteroatoms. The highest BCUT2D eigenvalue weighted by Gasteiger charge is 2.45. The van der Waals surface area contributed by atoms with Crippen molar-refractivity contribution in [3.8, 4) is 0 Å². The maximum Gasteiger partial charge on any atom is 0.319 e. The van der Waals surface area contributed by atoms with E-state index in [0.717, 1.165) is 11.1 Å². The molecular formula is C18H25N5O3. The molecule has 0 radical (unpaired) electrons. The van der Waals surface area contributed by atoms with E-state index in [4.69, 9.17) is 5.73 Å². The minimum absolute atomic E-state index is 0.0800. The van der Waals surface area contributed by atoms with Gasteiger partial charge in [0, 0.05) is 33.1 Å². The van der Waals surface area contributed by atoms with Crippen molar-refractivity contribution in [3.63, 3.8) is 0 Å². The molecule has 26 heavy (non-hydrogen) atoms. The second kappa shape index (κ2) is 7.33. The van der Waals surface area contributed by atoms with Crippen molar-refractivity contribution >= 4 is 17.8 Å². The number of nitrogens with one attached hydrogen (secondary N) is 1. The van der Waals surface area contributed by atoms with E-state index in [2.05, 4.69) is 5.32 Å². The van der Waals surface area contributed by atoms with Crippen molar-refractivity contribution < 1.29 is 14.4 Å². The third-order valence-corrected chi connectivity index (χ3v) is 5.06. The minimum atomic E-state index is -0.553. The molecule has 2 aliphatic rings. The number of likely N-dealkylation sites (N-methyl/N-ethyl adjacent to an activating group) is 1. The van der Waals surface area contributed by atoms with Crippen LogP contribution in [0.25, 0.3) is 0 Å². The quantitative estimate of drug-likeness (QED) is 0.798. The van der Waals surface area contributed by atoms with Crippen molar-refractivity contribution in [2.24, 2.45) is 5.73 Å². The number of hydrogen-bond acceptors (Lipinski definition) is 4. The Balaban J connectivity index is 1.70. The number of hydrogen-bond donors (Lipinski definition) is 2. The number of carbonyl (C=O) groups is 3. The summed E-state index contributed by atoms with van der Waals surface area (Å²) in [6, 6.07) is 6.95. The zero-order valence-corrected chi connectivity index (χ0v) is 15.1. The monoisotopic (exact) mass is 359 g/mol. The summed E-state index contributed by atoms with van der Waals surface area (Å²) in [5.74, 6) is -0.181. The SMILES string of the molecule is C[C@H]1C(=O)N(C)C[C@H]2N(C(=O)NCc3cccc(CN)c3)CCC(=O)N12. The van der Waals surface area contributed by atoms with Crippen LogP contribution in [0.5, 0.6) is 0 Å². The normalized spacial score (nSPS) is 23.1. The zero-order valence-electron chi connectivity index (χ0n) is 15.1. The first-order valence-electron chi connectivity index (χ1n) is 8.81. The summed E-state index contributed by atoms with van der Waals surface area (Å²) in [5.41, 5.74) is 7.63. The Bertz CT molecular complexity index is 723. The number of carbonyl (C=O) groups excluding carboxylic acids is 3. The van der Waals surface area contributed by atoms with E-state index in [-0.39, 0.29) is 24.3 Å². The summed E-state index contributed by atoms with van der Waals surface area (Å²) in [7, 11) is 1.70. The molecule has 2 atom stereocenters.